The first kappa shape index (κ1) is 22.7. The van der Waals surface area contributed by atoms with Gasteiger partial charge in [-0.2, -0.15) is 0 Å². The molecule has 0 heterocycles. The van der Waals surface area contributed by atoms with Crippen LogP contribution in [-0.2, 0) is 0 Å². The van der Waals surface area contributed by atoms with Crippen molar-refractivity contribution in [3.8, 4) is 0 Å². The summed E-state index contributed by atoms with van der Waals surface area (Å²) >= 11 is 1.11. The fourth-order valence-corrected chi connectivity index (χ4v) is 1.46. The Morgan fingerprint density at radius 1 is 1.12 bits per heavy atom. The van der Waals surface area contributed by atoms with Crippen molar-refractivity contribution >= 4 is 49.0 Å². The van der Waals surface area contributed by atoms with E-state index in [-0.39, 0.29) is 14.1 Å². The van der Waals surface area contributed by atoms with Gasteiger partial charge < -0.3 is 0 Å². The van der Waals surface area contributed by atoms with Crippen LogP contribution in [0.15, 0.2) is 0 Å². The minimum atomic E-state index is 0. The molecule has 0 aromatic heterocycles. The summed E-state index contributed by atoms with van der Waals surface area (Å²) in [4.78, 5) is 0. The van der Waals surface area contributed by atoms with Gasteiger partial charge in [-0.25, -0.2) is 0 Å². The molecule has 0 radical (unpaired) electrons. The van der Waals surface area contributed by atoms with Crippen molar-refractivity contribution in [2.24, 2.45) is 0 Å². The van der Waals surface area contributed by atoms with Gasteiger partial charge in [0, 0.05) is 0 Å². The molecule has 0 rings (SSSR count). The van der Waals surface area contributed by atoms with Crippen molar-refractivity contribution in [3.05, 3.63) is 0 Å². The van der Waals surface area contributed by atoms with Gasteiger partial charge in [0.05, 0.1) is 0 Å². The second-order valence-corrected chi connectivity index (χ2v) is 2.92. The van der Waals surface area contributed by atoms with Gasteiger partial charge >= 0.3 is 69.2 Å². The molecule has 0 aromatic rings. The molecular weight excluding hydrogens is 144 g/mol. The van der Waals surface area contributed by atoms with Gasteiger partial charge in [0.15, 0.2) is 0 Å². The summed E-state index contributed by atoms with van der Waals surface area (Å²) in [6.45, 7) is 2.24. The third-order valence-corrected chi connectivity index (χ3v) is 1.81. The second kappa shape index (κ2) is 23.7. The number of rotatable bonds is 2. The summed E-state index contributed by atoms with van der Waals surface area (Å²) in [5, 5.41) is 0. The summed E-state index contributed by atoms with van der Waals surface area (Å²) < 4.78 is 1.53. The van der Waals surface area contributed by atoms with Gasteiger partial charge in [-0.1, -0.05) is 0 Å². The monoisotopic (exact) mass is 156 g/mol. The Bertz CT molecular complexity index is 18.8. The maximum atomic E-state index is 2.24. The van der Waals surface area contributed by atoms with E-state index >= 15 is 0 Å². The summed E-state index contributed by atoms with van der Waals surface area (Å²) in [5.41, 5.74) is 0. The molecule has 0 atom stereocenters. The molecule has 0 saturated carbocycles. The molecule has 0 fully saturated rings. The van der Waals surface area contributed by atoms with Gasteiger partial charge in [0.1, 0.15) is 0 Å². The average Bonchev–Trinajstić information content (AvgIpc) is 1.41. The van der Waals surface area contributed by atoms with Crippen LogP contribution in [0.25, 0.3) is 0 Å². The zero-order valence-electron chi connectivity index (χ0n) is 5.35. The maximum Gasteiger partial charge on any atom is -0.269 e. The van der Waals surface area contributed by atoms with Crippen molar-refractivity contribution in [2.75, 3.05) is 0 Å². The first-order valence-electron chi connectivity index (χ1n) is 2.41. The SMILES string of the molecule is CCC[CH2][K].F.F.F. The van der Waals surface area contributed by atoms with Crippen molar-refractivity contribution in [2.45, 2.75) is 20.3 Å². The van der Waals surface area contributed by atoms with Gasteiger partial charge in [0.25, 0.3) is 0 Å². The molecule has 0 N–H and O–H groups in total. The van der Waals surface area contributed by atoms with Crippen molar-refractivity contribution in [1.82, 2.24) is 0 Å². The molecule has 50 valence electrons. The number of halogens is 3. The second-order valence-electron chi connectivity index (χ2n) is 1.35. The Hall–Kier alpha value is 1.43. The number of unbranched alkanes of at least 4 members (excludes halogenated alkanes) is 1. The molecular formula is C4H12F3K. The summed E-state index contributed by atoms with van der Waals surface area (Å²) in [7, 11) is 0. The third-order valence-electron chi connectivity index (χ3n) is 0.707. The van der Waals surface area contributed by atoms with Gasteiger partial charge in [-0.15, -0.1) is 0 Å². The summed E-state index contributed by atoms with van der Waals surface area (Å²) in [6.07, 6.45) is 2.86. The van der Waals surface area contributed by atoms with Crippen molar-refractivity contribution in [3.63, 3.8) is 0 Å². The maximum absolute atomic E-state index is 2.24. The number of hydrogen-bond acceptors (Lipinski definition) is 0. The first-order valence-corrected chi connectivity index (χ1v) is 4.62. The first-order chi connectivity index (χ1) is 2.41. The van der Waals surface area contributed by atoms with Crippen LogP contribution in [0.5, 0.6) is 0 Å². The van der Waals surface area contributed by atoms with E-state index in [0.717, 1.165) is 49.0 Å². The zero-order valence-corrected chi connectivity index (χ0v) is 8.47. The fourth-order valence-electron chi connectivity index (χ4n) is 0.354. The van der Waals surface area contributed by atoms with E-state index in [1.54, 1.807) is 0 Å². The van der Waals surface area contributed by atoms with Crippen LogP contribution in [0.3, 0.4) is 0 Å². The topological polar surface area (TPSA) is 0 Å². The molecule has 0 aliphatic rings. The molecule has 0 nitrogen and oxygen atoms in total. The molecule has 0 aliphatic carbocycles. The summed E-state index contributed by atoms with van der Waals surface area (Å²) in [5.74, 6) is 0. The Balaban J connectivity index is -0.0000000267. The Morgan fingerprint density at radius 3 is 1.50 bits per heavy atom. The van der Waals surface area contributed by atoms with E-state index in [9.17, 15) is 0 Å². The minimum absolute atomic E-state index is 0. The molecule has 0 saturated heterocycles. The van der Waals surface area contributed by atoms with Crippen LogP contribution in [0.1, 0.15) is 19.8 Å². The fraction of sp³-hybridized carbons (Fsp3) is 1.00. The van der Waals surface area contributed by atoms with Gasteiger partial charge in [0.2, 0.25) is 0 Å². The molecule has 0 aromatic carbocycles. The molecule has 0 amide bonds. The largest absolute Gasteiger partial charge is 0.269 e. The van der Waals surface area contributed by atoms with E-state index in [1.165, 1.54) is 13.4 Å². The zero-order chi connectivity index (χ0) is 4.12. The van der Waals surface area contributed by atoms with Crippen LogP contribution in [0.4, 0.5) is 14.1 Å². The van der Waals surface area contributed by atoms with E-state index in [2.05, 4.69) is 6.92 Å². The number of hydrogen-bond donors (Lipinski definition) is 0. The molecule has 0 unspecified atom stereocenters. The minimum Gasteiger partial charge on any atom is -0.269 e. The average molecular weight is 156 g/mol. The van der Waals surface area contributed by atoms with E-state index in [4.69, 9.17) is 0 Å². The smallest absolute Gasteiger partial charge is 0.269 e. The third kappa shape index (κ3) is 26.1. The van der Waals surface area contributed by atoms with Crippen LogP contribution < -0.4 is 0 Å². The van der Waals surface area contributed by atoms with Gasteiger partial charge in [-0.05, 0) is 0 Å². The molecule has 0 spiro atoms. The van der Waals surface area contributed by atoms with E-state index in [0.29, 0.717) is 0 Å². The Morgan fingerprint density at radius 2 is 1.50 bits per heavy atom. The van der Waals surface area contributed by atoms with Crippen molar-refractivity contribution < 1.29 is 14.1 Å². The van der Waals surface area contributed by atoms with Crippen LogP contribution in [0, 0.1) is 0 Å². The molecule has 0 aliphatic heterocycles. The normalized spacial score (nSPS) is 5.38. The summed E-state index contributed by atoms with van der Waals surface area (Å²) in [6, 6.07) is 0. The quantitative estimate of drug-likeness (QED) is 0.535. The molecule has 4 heteroatoms. The predicted molar refractivity (Wildman–Crippen MR) is 33.0 cm³/mol. The Labute approximate surface area is 82.1 Å². The van der Waals surface area contributed by atoms with Crippen LogP contribution in [-0.4, -0.2) is 49.0 Å². The standard InChI is InChI=1S/C4H9.3FH.K/c1-3-4-2;;;;/h1,3-4H2,2H3;3*1H;. The van der Waals surface area contributed by atoms with E-state index < -0.39 is 0 Å². The van der Waals surface area contributed by atoms with E-state index in [1.807, 2.05) is 0 Å². The van der Waals surface area contributed by atoms with Crippen LogP contribution in [0.2, 0.25) is 0.515 Å². The predicted octanol–water partition coefficient (Wildman–Crippen LogP) is 1.83. The van der Waals surface area contributed by atoms with Crippen LogP contribution >= 0.6 is 0 Å². The molecule has 8 heavy (non-hydrogen) atoms. The van der Waals surface area contributed by atoms with Crippen molar-refractivity contribution in [1.29, 1.82) is 0 Å². The molecule has 0 bridgehead atoms. The Kier molecular flexibility index (Phi) is 67.4. The van der Waals surface area contributed by atoms with Gasteiger partial charge in [-0.3, -0.25) is 14.1 Å².